The molecule has 148 valence electrons. The molecule has 0 aliphatic heterocycles. The monoisotopic (exact) mass is 373 g/mol. The molecule has 1 fully saturated rings. The van der Waals surface area contributed by atoms with Gasteiger partial charge in [0, 0.05) is 24.2 Å². The molecule has 6 nitrogen and oxygen atoms in total. The zero-order chi connectivity index (χ0) is 20.0. The van der Waals surface area contributed by atoms with Crippen LogP contribution in [-0.4, -0.2) is 43.3 Å². The van der Waals surface area contributed by atoms with Crippen molar-refractivity contribution in [2.75, 3.05) is 5.32 Å². The van der Waals surface area contributed by atoms with Crippen LogP contribution in [-0.2, 0) is 7.05 Å². The second-order valence-electron chi connectivity index (χ2n) is 8.24. The molecule has 2 atom stereocenters. The Labute approximate surface area is 160 Å². The van der Waals surface area contributed by atoms with Crippen LogP contribution in [0.3, 0.4) is 0 Å². The maximum atomic E-state index is 10.8. The summed E-state index contributed by atoms with van der Waals surface area (Å²) in [4.78, 5) is 0. The lowest BCUT2D eigenvalue weighted by molar-refractivity contribution is -0.0671. The van der Waals surface area contributed by atoms with Gasteiger partial charge >= 0.3 is 0 Å². The lowest BCUT2D eigenvalue weighted by Gasteiger charge is -2.47. The Bertz CT molecular complexity index is 792. The predicted molar refractivity (Wildman–Crippen MR) is 106 cm³/mol. The molecular formula is C21H31N3O3. The van der Waals surface area contributed by atoms with Crippen molar-refractivity contribution in [2.45, 2.75) is 70.6 Å². The summed E-state index contributed by atoms with van der Waals surface area (Å²) >= 11 is 0. The topological polar surface area (TPSA) is 90.5 Å². The fourth-order valence-electron chi connectivity index (χ4n) is 4.15. The van der Waals surface area contributed by atoms with Crippen LogP contribution < -0.4 is 5.32 Å². The number of aromatic nitrogens is 2. The predicted octanol–water partition coefficient (Wildman–Crippen LogP) is 2.98. The second-order valence-corrected chi connectivity index (χ2v) is 8.24. The van der Waals surface area contributed by atoms with Crippen LogP contribution in [0.15, 0.2) is 18.2 Å². The molecule has 1 saturated carbocycles. The average molecular weight is 373 g/mol. The van der Waals surface area contributed by atoms with Crippen molar-refractivity contribution >= 4 is 5.69 Å². The second kappa shape index (κ2) is 7.17. The number of aromatic hydroxyl groups is 1. The number of hydrogen-bond donors (Lipinski definition) is 4. The van der Waals surface area contributed by atoms with Crippen LogP contribution in [0, 0.1) is 6.92 Å². The molecule has 0 spiro atoms. The number of aliphatic hydroxyl groups is 2. The largest absolute Gasteiger partial charge is 0.493 e. The molecule has 3 rings (SSSR count). The molecular weight excluding hydrogens is 342 g/mol. The minimum Gasteiger partial charge on any atom is -0.493 e. The van der Waals surface area contributed by atoms with E-state index in [4.69, 9.17) is 0 Å². The van der Waals surface area contributed by atoms with E-state index in [1.54, 1.807) is 14.0 Å². The van der Waals surface area contributed by atoms with Crippen LogP contribution in [0.5, 0.6) is 5.88 Å². The van der Waals surface area contributed by atoms with E-state index in [2.05, 4.69) is 56.3 Å². The molecule has 0 saturated heterocycles. The number of nitrogens with zero attached hydrogens (tertiary/aromatic N) is 2. The Balaban J connectivity index is 1.91. The average Bonchev–Trinajstić information content (AvgIpc) is 2.85. The Morgan fingerprint density at radius 1 is 1.04 bits per heavy atom. The number of nitrogens with one attached hydrogen (secondary N) is 1. The van der Waals surface area contributed by atoms with E-state index >= 15 is 0 Å². The van der Waals surface area contributed by atoms with E-state index < -0.39 is 24.2 Å². The number of benzene rings is 1. The lowest BCUT2D eigenvalue weighted by Crippen LogP contribution is -2.61. The van der Waals surface area contributed by atoms with Gasteiger partial charge in [0.05, 0.1) is 23.9 Å². The van der Waals surface area contributed by atoms with Gasteiger partial charge in [-0.25, -0.2) is 4.68 Å². The first-order chi connectivity index (χ1) is 12.6. The van der Waals surface area contributed by atoms with Gasteiger partial charge < -0.3 is 20.6 Å². The van der Waals surface area contributed by atoms with Gasteiger partial charge in [0.2, 0.25) is 5.88 Å². The molecule has 1 aliphatic rings. The van der Waals surface area contributed by atoms with Crippen molar-refractivity contribution < 1.29 is 15.3 Å². The van der Waals surface area contributed by atoms with Gasteiger partial charge in [-0.1, -0.05) is 45.9 Å². The first kappa shape index (κ1) is 19.7. The normalized spacial score (nSPS) is 25.1. The van der Waals surface area contributed by atoms with Crippen LogP contribution in [0.1, 0.15) is 67.8 Å². The van der Waals surface area contributed by atoms with Gasteiger partial charge in [-0.3, -0.25) is 0 Å². The third-order valence-corrected chi connectivity index (χ3v) is 5.73. The summed E-state index contributed by atoms with van der Waals surface area (Å²) in [7, 11) is 1.65. The summed E-state index contributed by atoms with van der Waals surface area (Å²) in [5, 5.41) is 39.5. The minimum atomic E-state index is -0.811. The van der Waals surface area contributed by atoms with Gasteiger partial charge in [0.15, 0.2) is 0 Å². The van der Waals surface area contributed by atoms with Crippen LogP contribution >= 0.6 is 0 Å². The zero-order valence-electron chi connectivity index (χ0n) is 16.9. The molecule has 4 N–H and O–H groups in total. The third-order valence-electron chi connectivity index (χ3n) is 5.73. The van der Waals surface area contributed by atoms with E-state index in [0.29, 0.717) is 23.1 Å². The highest BCUT2D eigenvalue weighted by Gasteiger charge is 2.52. The highest BCUT2D eigenvalue weighted by Crippen LogP contribution is 2.45. The molecule has 0 radical (unpaired) electrons. The van der Waals surface area contributed by atoms with Crippen molar-refractivity contribution in [3.63, 3.8) is 0 Å². The number of para-hydroxylation sites is 1. The minimum absolute atomic E-state index is 0.000463. The summed E-state index contributed by atoms with van der Waals surface area (Å²) in [6.07, 6.45) is -1.62. The van der Waals surface area contributed by atoms with Crippen molar-refractivity contribution in [3.05, 3.63) is 40.6 Å². The van der Waals surface area contributed by atoms with E-state index in [1.165, 1.54) is 15.8 Å². The van der Waals surface area contributed by atoms with E-state index in [1.807, 2.05) is 0 Å². The summed E-state index contributed by atoms with van der Waals surface area (Å²) < 4.78 is 1.37. The SMILES string of the molecule is Cc1nn(C)c(O)c1C1C(O)C(Nc2c(C(C)C)cccc2C(C)C)C1O. The molecule has 6 heteroatoms. The lowest BCUT2D eigenvalue weighted by atomic mass is 9.69. The highest BCUT2D eigenvalue weighted by molar-refractivity contribution is 5.62. The number of aryl methyl sites for hydroxylation is 2. The van der Waals surface area contributed by atoms with Crippen LogP contribution in [0.2, 0.25) is 0 Å². The van der Waals surface area contributed by atoms with Crippen LogP contribution in [0.4, 0.5) is 5.69 Å². The molecule has 1 aliphatic carbocycles. The molecule has 1 aromatic carbocycles. The van der Waals surface area contributed by atoms with Gasteiger partial charge in [-0.05, 0) is 29.9 Å². The molecule has 1 aromatic heterocycles. The summed E-state index contributed by atoms with van der Waals surface area (Å²) in [6, 6.07) is 5.74. The quantitative estimate of drug-likeness (QED) is 0.647. The smallest absolute Gasteiger partial charge is 0.213 e. The summed E-state index contributed by atoms with van der Waals surface area (Å²) in [5.41, 5.74) is 4.49. The zero-order valence-corrected chi connectivity index (χ0v) is 16.9. The summed E-state index contributed by atoms with van der Waals surface area (Å²) in [6.45, 7) is 10.3. The maximum absolute atomic E-state index is 10.8. The molecule has 27 heavy (non-hydrogen) atoms. The fraction of sp³-hybridized carbons (Fsp3) is 0.571. The first-order valence-corrected chi connectivity index (χ1v) is 9.63. The maximum Gasteiger partial charge on any atom is 0.213 e. The van der Waals surface area contributed by atoms with Crippen LogP contribution in [0.25, 0.3) is 0 Å². The fourth-order valence-corrected chi connectivity index (χ4v) is 4.15. The molecule has 2 unspecified atom stereocenters. The number of anilines is 1. The third kappa shape index (κ3) is 3.21. The van der Waals surface area contributed by atoms with Crippen molar-refractivity contribution in [1.29, 1.82) is 0 Å². The van der Waals surface area contributed by atoms with Crippen molar-refractivity contribution in [2.24, 2.45) is 7.05 Å². The Kier molecular flexibility index (Phi) is 5.23. The first-order valence-electron chi connectivity index (χ1n) is 9.63. The Morgan fingerprint density at radius 2 is 1.56 bits per heavy atom. The molecule has 1 heterocycles. The number of rotatable bonds is 5. The Morgan fingerprint density at radius 3 is 1.96 bits per heavy atom. The van der Waals surface area contributed by atoms with Gasteiger partial charge in [-0.15, -0.1) is 0 Å². The van der Waals surface area contributed by atoms with E-state index in [9.17, 15) is 15.3 Å². The van der Waals surface area contributed by atoms with Gasteiger partial charge in [-0.2, -0.15) is 5.10 Å². The standard InChI is InChI=1S/C21H31N3O3/c1-10(2)13-8-7-9-14(11(3)4)17(13)22-18-19(25)16(20(18)26)15-12(5)23-24(6)21(15)27/h7-11,16,18-20,22,25-27H,1-6H3. The number of aliphatic hydroxyl groups excluding tert-OH is 2. The van der Waals surface area contributed by atoms with Crippen molar-refractivity contribution in [1.82, 2.24) is 9.78 Å². The number of hydrogen-bond acceptors (Lipinski definition) is 5. The highest BCUT2D eigenvalue weighted by atomic mass is 16.3. The molecule has 0 bridgehead atoms. The molecule has 2 aromatic rings. The van der Waals surface area contributed by atoms with Gasteiger partial charge in [0.25, 0.3) is 0 Å². The van der Waals surface area contributed by atoms with E-state index in [-0.39, 0.29) is 5.88 Å². The van der Waals surface area contributed by atoms with E-state index in [0.717, 1.165) is 5.69 Å². The molecule has 0 amide bonds. The van der Waals surface area contributed by atoms with Gasteiger partial charge in [0.1, 0.15) is 0 Å². The summed E-state index contributed by atoms with van der Waals surface area (Å²) in [5.74, 6) is 0.0892. The Hall–Kier alpha value is -2.05. The van der Waals surface area contributed by atoms with Crippen molar-refractivity contribution in [3.8, 4) is 5.88 Å².